The summed E-state index contributed by atoms with van der Waals surface area (Å²) < 4.78 is 5.67. The Morgan fingerprint density at radius 1 is 1.21 bits per heavy atom. The average Bonchev–Trinajstić information content (AvgIpc) is 2.34. The summed E-state index contributed by atoms with van der Waals surface area (Å²) >= 11 is 0. The smallest absolute Gasteiger partial charge is 0.239 e. The number of carbonyl (C=O) groups is 1. The van der Waals surface area contributed by atoms with Crippen molar-refractivity contribution in [2.45, 2.75) is 65.5 Å². The van der Waals surface area contributed by atoms with Crippen LogP contribution in [-0.4, -0.2) is 37.2 Å². The Morgan fingerprint density at radius 2 is 1.89 bits per heavy atom. The fourth-order valence-electron chi connectivity index (χ4n) is 1.98. The number of nitrogens with one attached hydrogen (secondary N) is 2. The molecule has 4 heteroatoms. The molecule has 2 N–H and O–H groups in total. The molecule has 0 unspecified atom stereocenters. The maximum Gasteiger partial charge on any atom is 0.239 e. The lowest BCUT2D eigenvalue weighted by Crippen LogP contribution is -2.55. The zero-order chi connectivity index (χ0) is 14.5. The first-order chi connectivity index (χ1) is 8.71. The predicted molar refractivity (Wildman–Crippen MR) is 78.1 cm³/mol. The minimum Gasteiger partial charge on any atom is -0.377 e. The number of carbonyl (C=O) groups excluding carboxylic acids is 1. The molecular weight excluding hydrogens is 240 g/mol. The molecule has 0 spiro atoms. The van der Waals surface area contributed by atoms with Crippen molar-refractivity contribution in [3.63, 3.8) is 0 Å². The van der Waals surface area contributed by atoms with Gasteiger partial charge in [0.05, 0.1) is 11.6 Å². The predicted octanol–water partition coefficient (Wildman–Crippen LogP) is 2.09. The maximum absolute atomic E-state index is 12.2. The quantitative estimate of drug-likeness (QED) is 0.804. The number of hydrogen-bond acceptors (Lipinski definition) is 3. The van der Waals surface area contributed by atoms with Crippen LogP contribution >= 0.6 is 0 Å². The monoisotopic (exact) mass is 270 g/mol. The Hall–Kier alpha value is -0.610. The fourth-order valence-corrected chi connectivity index (χ4v) is 1.98. The summed E-state index contributed by atoms with van der Waals surface area (Å²) in [4.78, 5) is 12.2. The first-order valence-electron chi connectivity index (χ1n) is 7.36. The van der Waals surface area contributed by atoms with Crippen LogP contribution < -0.4 is 10.6 Å². The van der Waals surface area contributed by atoms with E-state index in [9.17, 15) is 4.79 Å². The highest BCUT2D eigenvalue weighted by molar-refractivity contribution is 5.85. The molecule has 19 heavy (non-hydrogen) atoms. The molecule has 1 atom stereocenters. The molecule has 1 rings (SSSR count). The van der Waals surface area contributed by atoms with Crippen LogP contribution in [0.1, 0.15) is 53.9 Å². The van der Waals surface area contributed by atoms with E-state index in [1.165, 1.54) is 6.42 Å². The van der Waals surface area contributed by atoms with Gasteiger partial charge in [0.1, 0.15) is 0 Å². The van der Waals surface area contributed by atoms with Crippen LogP contribution in [0.15, 0.2) is 0 Å². The molecule has 1 aliphatic heterocycles. The molecule has 1 amide bonds. The van der Waals surface area contributed by atoms with Gasteiger partial charge < -0.3 is 15.4 Å². The zero-order valence-electron chi connectivity index (χ0n) is 13.1. The third kappa shape index (κ3) is 6.39. The van der Waals surface area contributed by atoms with Gasteiger partial charge in [0.25, 0.3) is 0 Å². The Balaban J connectivity index is 2.34. The number of ether oxygens (including phenoxy) is 1. The summed E-state index contributed by atoms with van der Waals surface area (Å²) in [5.41, 5.74) is -0.440. The van der Waals surface area contributed by atoms with Crippen molar-refractivity contribution in [2.24, 2.45) is 5.41 Å². The van der Waals surface area contributed by atoms with E-state index in [0.717, 1.165) is 26.0 Å². The van der Waals surface area contributed by atoms with E-state index in [0.29, 0.717) is 6.54 Å². The molecule has 0 radical (unpaired) electrons. The van der Waals surface area contributed by atoms with Gasteiger partial charge in [0, 0.05) is 19.7 Å². The second-order valence-corrected chi connectivity index (χ2v) is 7.24. The van der Waals surface area contributed by atoms with Crippen LogP contribution in [0.3, 0.4) is 0 Å². The first-order valence-corrected chi connectivity index (χ1v) is 7.36. The Bertz CT molecular complexity index is 289. The second-order valence-electron chi connectivity index (χ2n) is 7.24. The van der Waals surface area contributed by atoms with Crippen molar-refractivity contribution in [3.05, 3.63) is 0 Å². The van der Waals surface area contributed by atoms with E-state index in [2.05, 4.69) is 31.4 Å². The highest BCUT2D eigenvalue weighted by atomic mass is 16.5. The van der Waals surface area contributed by atoms with E-state index in [1.54, 1.807) is 0 Å². The molecule has 0 saturated carbocycles. The average molecular weight is 270 g/mol. The Labute approximate surface area is 117 Å². The van der Waals surface area contributed by atoms with Gasteiger partial charge in [-0.05, 0) is 38.5 Å². The molecular formula is C15H30N2O2. The molecule has 1 heterocycles. The van der Waals surface area contributed by atoms with Gasteiger partial charge >= 0.3 is 0 Å². The van der Waals surface area contributed by atoms with Crippen molar-refractivity contribution < 1.29 is 9.53 Å². The van der Waals surface area contributed by atoms with Gasteiger partial charge in [-0.3, -0.25) is 4.79 Å². The van der Waals surface area contributed by atoms with Crippen LogP contribution in [0, 0.1) is 5.41 Å². The lowest BCUT2D eigenvalue weighted by molar-refractivity contribution is -0.127. The van der Waals surface area contributed by atoms with E-state index < -0.39 is 5.54 Å². The highest BCUT2D eigenvalue weighted by Gasteiger charge is 2.29. The van der Waals surface area contributed by atoms with Crippen molar-refractivity contribution in [2.75, 3.05) is 19.7 Å². The minimum atomic E-state index is -0.550. The van der Waals surface area contributed by atoms with Crippen molar-refractivity contribution in [1.82, 2.24) is 10.6 Å². The van der Waals surface area contributed by atoms with Gasteiger partial charge in [0.2, 0.25) is 5.91 Å². The molecule has 0 aliphatic carbocycles. The third-order valence-corrected chi connectivity index (χ3v) is 3.39. The summed E-state index contributed by atoms with van der Waals surface area (Å²) in [6.07, 6.45) is 3.73. The van der Waals surface area contributed by atoms with Gasteiger partial charge in [0.15, 0.2) is 0 Å². The SMILES string of the molecule is CC(C)(C)CNC(=O)C(C)(C)NC[C@@H]1CCCCO1. The summed E-state index contributed by atoms with van der Waals surface area (Å²) in [5, 5.41) is 6.34. The van der Waals surface area contributed by atoms with Crippen LogP contribution in [-0.2, 0) is 9.53 Å². The maximum atomic E-state index is 12.2. The summed E-state index contributed by atoms with van der Waals surface area (Å²) in [5.74, 6) is 0.0539. The van der Waals surface area contributed by atoms with Crippen LogP contribution in [0.5, 0.6) is 0 Å². The molecule has 1 saturated heterocycles. The van der Waals surface area contributed by atoms with Crippen molar-refractivity contribution in [1.29, 1.82) is 0 Å². The first kappa shape index (κ1) is 16.4. The van der Waals surface area contributed by atoms with Gasteiger partial charge in [-0.2, -0.15) is 0 Å². The largest absolute Gasteiger partial charge is 0.377 e. The second kappa shape index (κ2) is 6.71. The molecule has 1 aliphatic rings. The molecule has 1 fully saturated rings. The number of amides is 1. The Kier molecular flexibility index (Phi) is 5.81. The highest BCUT2D eigenvalue weighted by Crippen LogP contribution is 2.14. The lowest BCUT2D eigenvalue weighted by atomic mass is 9.96. The zero-order valence-corrected chi connectivity index (χ0v) is 13.1. The molecule has 0 bridgehead atoms. The molecule has 0 aromatic rings. The standard InChI is InChI=1S/C15H30N2O2/c1-14(2,3)11-16-13(18)15(4,5)17-10-12-8-6-7-9-19-12/h12,17H,6-11H2,1-5H3,(H,16,18)/t12-/m0/s1. The summed E-state index contributed by atoms with van der Waals surface area (Å²) in [7, 11) is 0. The lowest BCUT2D eigenvalue weighted by Gasteiger charge is -2.31. The molecule has 0 aromatic heterocycles. The van der Waals surface area contributed by atoms with E-state index >= 15 is 0 Å². The fraction of sp³-hybridized carbons (Fsp3) is 0.933. The van der Waals surface area contributed by atoms with Crippen molar-refractivity contribution in [3.8, 4) is 0 Å². The minimum absolute atomic E-state index is 0.0539. The van der Waals surface area contributed by atoms with Crippen molar-refractivity contribution >= 4 is 5.91 Å². The van der Waals surface area contributed by atoms with Crippen LogP contribution in [0.4, 0.5) is 0 Å². The van der Waals surface area contributed by atoms with E-state index in [4.69, 9.17) is 4.74 Å². The molecule has 0 aromatic carbocycles. The normalized spacial score (nSPS) is 21.2. The number of hydrogen-bond donors (Lipinski definition) is 2. The van der Waals surface area contributed by atoms with Gasteiger partial charge in [-0.25, -0.2) is 0 Å². The van der Waals surface area contributed by atoms with Gasteiger partial charge in [-0.1, -0.05) is 20.8 Å². The Morgan fingerprint density at radius 3 is 2.42 bits per heavy atom. The molecule has 112 valence electrons. The van der Waals surface area contributed by atoms with Gasteiger partial charge in [-0.15, -0.1) is 0 Å². The third-order valence-electron chi connectivity index (χ3n) is 3.39. The number of rotatable bonds is 5. The van der Waals surface area contributed by atoms with E-state index in [-0.39, 0.29) is 17.4 Å². The van der Waals surface area contributed by atoms with E-state index in [1.807, 2.05) is 13.8 Å². The summed E-state index contributed by atoms with van der Waals surface area (Å²) in [6.45, 7) is 12.5. The van der Waals surface area contributed by atoms with Crippen LogP contribution in [0.25, 0.3) is 0 Å². The van der Waals surface area contributed by atoms with Crippen LogP contribution in [0.2, 0.25) is 0 Å². The topological polar surface area (TPSA) is 50.4 Å². The summed E-state index contributed by atoms with van der Waals surface area (Å²) in [6, 6.07) is 0. The molecule has 4 nitrogen and oxygen atoms in total.